The number of carbonyl (C=O) groups is 1. The van der Waals surface area contributed by atoms with Gasteiger partial charge in [-0.15, -0.1) is 11.3 Å². The summed E-state index contributed by atoms with van der Waals surface area (Å²) in [7, 11) is 6.29. The Balaban J connectivity index is 1.90. The average molecular weight is 301 g/mol. The van der Waals surface area contributed by atoms with Crippen molar-refractivity contribution in [2.75, 3.05) is 34.2 Å². The number of hydrogen-bond donors (Lipinski definition) is 0. The van der Waals surface area contributed by atoms with Gasteiger partial charge >= 0.3 is 0 Å². The zero-order valence-electron chi connectivity index (χ0n) is 11.8. The molecule has 5 heteroatoms. The minimum Gasteiger partial charge on any atom is -0.302 e. The van der Waals surface area contributed by atoms with Crippen LogP contribution in [0.5, 0.6) is 0 Å². The molecule has 106 valence electrons. The summed E-state index contributed by atoms with van der Waals surface area (Å²) in [4.78, 5) is 17.3. The molecule has 1 aliphatic carbocycles. The lowest BCUT2D eigenvalue weighted by molar-refractivity contribution is 0.0281. The largest absolute Gasteiger partial charge is 0.302 e. The normalized spacial score (nSPS) is 17.8. The lowest BCUT2D eigenvalue weighted by Gasteiger charge is -2.49. The fraction of sp³-hybridized carbons (Fsp3) is 0.643. The highest BCUT2D eigenvalue weighted by atomic mass is 35.5. The summed E-state index contributed by atoms with van der Waals surface area (Å²) in [6.45, 7) is 1.41. The highest BCUT2D eigenvalue weighted by molar-refractivity contribution is 7.18. The molecule has 0 spiro atoms. The van der Waals surface area contributed by atoms with Crippen molar-refractivity contribution >= 4 is 28.7 Å². The zero-order valence-corrected chi connectivity index (χ0v) is 13.4. The predicted octanol–water partition coefficient (Wildman–Crippen LogP) is 3.00. The summed E-state index contributed by atoms with van der Waals surface area (Å²) in [6, 6.07) is 3.60. The van der Waals surface area contributed by atoms with Crippen LogP contribution in [0.2, 0.25) is 4.34 Å². The van der Waals surface area contributed by atoms with E-state index in [4.69, 9.17) is 11.6 Å². The van der Waals surface area contributed by atoms with Crippen LogP contribution >= 0.6 is 22.9 Å². The number of nitrogens with zero attached hydrogens (tertiary/aromatic N) is 2. The van der Waals surface area contributed by atoms with E-state index >= 15 is 0 Å². The molecule has 1 aliphatic rings. The molecule has 0 radical (unpaired) electrons. The topological polar surface area (TPSA) is 23.6 Å². The standard InChI is InChI=1S/C14H21ClN2OS/c1-16(2)14(7-4-8-14)10-17(3)9-11(18)12-5-6-13(15)19-12/h5-6H,4,7-10H2,1-3H3. The zero-order chi connectivity index (χ0) is 14.0. The monoisotopic (exact) mass is 300 g/mol. The van der Waals surface area contributed by atoms with Gasteiger partial charge in [0.1, 0.15) is 0 Å². The van der Waals surface area contributed by atoms with E-state index in [1.54, 1.807) is 6.07 Å². The van der Waals surface area contributed by atoms with Crippen molar-refractivity contribution in [2.45, 2.75) is 24.8 Å². The first-order chi connectivity index (χ1) is 8.93. The predicted molar refractivity (Wildman–Crippen MR) is 81.4 cm³/mol. The number of Topliss-reactive ketones (excluding diaryl/α,β-unsaturated/α-hetero) is 1. The van der Waals surface area contributed by atoms with Crippen LogP contribution in [0.3, 0.4) is 0 Å². The Morgan fingerprint density at radius 3 is 2.47 bits per heavy atom. The van der Waals surface area contributed by atoms with Crippen molar-refractivity contribution < 1.29 is 4.79 Å². The minimum atomic E-state index is 0.160. The van der Waals surface area contributed by atoms with E-state index in [1.165, 1.54) is 30.6 Å². The molecule has 1 aromatic heterocycles. The number of hydrogen-bond acceptors (Lipinski definition) is 4. The second-order valence-electron chi connectivity index (χ2n) is 5.67. The fourth-order valence-corrected chi connectivity index (χ4v) is 3.65. The first-order valence-electron chi connectivity index (χ1n) is 6.57. The quantitative estimate of drug-likeness (QED) is 0.755. The highest BCUT2D eigenvalue weighted by Crippen LogP contribution is 2.36. The van der Waals surface area contributed by atoms with Gasteiger partial charge in [-0.3, -0.25) is 9.69 Å². The van der Waals surface area contributed by atoms with Gasteiger partial charge in [0, 0.05) is 12.1 Å². The van der Waals surface area contributed by atoms with Crippen molar-refractivity contribution in [1.29, 1.82) is 0 Å². The molecular formula is C14H21ClN2OS. The molecule has 0 bridgehead atoms. The van der Waals surface area contributed by atoms with E-state index in [2.05, 4.69) is 23.9 Å². The van der Waals surface area contributed by atoms with Gasteiger partial charge in [-0.2, -0.15) is 0 Å². The molecule has 19 heavy (non-hydrogen) atoms. The van der Waals surface area contributed by atoms with Crippen molar-refractivity contribution in [3.63, 3.8) is 0 Å². The fourth-order valence-electron chi connectivity index (χ4n) is 2.68. The SMILES string of the molecule is CN(CC(=O)c1ccc(Cl)s1)CC1(N(C)C)CCC1. The maximum atomic E-state index is 12.1. The lowest BCUT2D eigenvalue weighted by Crippen LogP contribution is -2.57. The Labute approximate surface area is 124 Å². The van der Waals surface area contributed by atoms with Gasteiger partial charge in [0.25, 0.3) is 0 Å². The molecule has 0 saturated heterocycles. The van der Waals surface area contributed by atoms with Gasteiger partial charge in [-0.25, -0.2) is 0 Å². The number of ketones is 1. The molecule has 3 nitrogen and oxygen atoms in total. The third-order valence-corrected chi connectivity index (χ3v) is 5.33. The van der Waals surface area contributed by atoms with Crippen molar-refractivity contribution in [1.82, 2.24) is 9.80 Å². The highest BCUT2D eigenvalue weighted by Gasteiger charge is 2.39. The van der Waals surface area contributed by atoms with Crippen LogP contribution in [-0.4, -0.2) is 55.4 Å². The first-order valence-corrected chi connectivity index (χ1v) is 7.77. The third kappa shape index (κ3) is 3.37. The molecule has 0 N–H and O–H groups in total. The second-order valence-corrected chi connectivity index (χ2v) is 7.39. The van der Waals surface area contributed by atoms with Crippen LogP contribution in [-0.2, 0) is 0 Å². The van der Waals surface area contributed by atoms with Crippen LogP contribution in [0.1, 0.15) is 28.9 Å². The Bertz CT molecular complexity index is 454. The Morgan fingerprint density at radius 1 is 1.37 bits per heavy atom. The van der Waals surface area contributed by atoms with Crippen molar-refractivity contribution in [3.05, 3.63) is 21.3 Å². The lowest BCUT2D eigenvalue weighted by atomic mass is 9.75. The van der Waals surface area contributed by atoms with Crippen LogP contribution in [0, 0.1) is 0 Å². The van der Waals surface area contributed by atoms with E-state index in [0.29, 0.717) is 10.9 Å². The maximum absolute atomic E-state index is 12.1. The first kappa shape index (κ1) is 15.0. The molecule has 1 fully saturated rings. The van der Waals surface area contributed by atoms with E-state index in [0.717, 1.165) is 11.4 Å². The van der Waals surface area contributed by atoms with Gasteiger partial charge in [0.05, 0.1) is 15.8 Å². The number of thiophene rings is 1. The molecule has 0 amide bonds. The Kier molecular flexibility index (Phi) is 4.66. The van der Waals surface area contributed by atoms with Crippen molar-refractivity contribution in [2.24, 2.45) is 0 Å². The Morgan fingerprint density at radius 2 is 2.05 bits per heavy atom. The summed E-state index contributed by atoms with van der Waals surface area (Å²) in [5.41, 5.74) is 0.266. The van der Waals surface area contributed by atoms with E-state index in [1.807, 2.05) is 13.1 Å². The Hall–Kier alpha value is -0.420. The number of carbonyl (C=O) groups excluding carboxylic acids is 1. The molecule has 1 aromatic rings. The smallest absolute Gasteiger partial charge is 0.186 e. The van der Waals surface area contributed by atoms with Crippen LogP contribution in [0.15, 0.2) is 12.1 Å². The second kappa shape index (κ2) is 5.92. The van der Waals surface area contributed by atoms with Gasteiger partial charge in [-0.1, -0.05) is 11.6 Å². The van der Waals surface area contributed by atoms with E-state index < -0.39 is 0 Å². The number of halogens is 1. The third-order valence-electron chi connectivity index (χ3n) is 4.06. The van der Waals surface area contributed by atoms with Gasteiger partial charge < -0.3 is 4.90 Å². The van der Waals surface area contributed by atoms with Gasteiger partial charge in [-0.05, 0) is 52.5 Å². The van der Waals surface area contributed by atoms with Crippen molar-refractivity contribution in [3.8, 4) is 0 Å². The summed E-state index contributed by atoms with van der Waals surface area (Å²) >= 11 is 7.23. The van der Waals surface area contributed by atoms with E-state index in [9.17, 15) is 4.79 Å². The number of likely N-dealkylation sites (N-methyl/N-ethyl adjacent to an activating group) is 2. The average Bonchev–Trinajstić information content (AvgIpc) is 2.69. The maximum Gasteiger partial charge on any atom is 0.186 e. The molecule has 0 atom stereocenters. The molecule has 0 aromatic carbocycles. The van der Waals surface area contributed by atoms with Crippen LogP contribution in [0.4, 0.5) is 0 Å². The summed E-state index contributed by atoms with van der Waals surface area (Å²) < 4.78 is 0.676. The number of rotatable bonds is 6. The molecule has 0 aliphatic heterocycles. The summed E-state index contributed by atoms with van der Waals surface area (Å²) in [5.74, 6) is 0.160. The minimum absolute atomic E-state index is 0.160. The van der Waals surface area contributed by atoms with Gasteiger partial charge in [0.2, 0.25) is 0 Å². The van der Waals surface area contributed by atoms with Crippen LogP contribution < -0.4 is 0 Å². The molecule has 1 heterocycles. The molecule has 2 rings (SSSR count). The van der Waals surface area contributed by atoms with Crippen LogP contribution in [0.25, 0.3) is 0 Å². The molecule has 1 saturated carbocycles. The molecule has 0 unspecified atom stereocenters. The molecular weight excluding hydrogens is 280 g/mol. The van der Waals surface area contributed by atoms with Gasteiger partial charge in [0.15, 0.2) is 5.78 Å². The summed E-state index contributed by atoms with van der Waals surface area (Å²) in [6.07, 6.45) is 3.74. The van der Waals surface area contributed by atoms with E-state index in [-0.39, 0.29) is 11.3 Å². The summed E-state index contributed by atoms with van der Waals surface area (Å²) in [5, 5.41) is 0.